The van der Waals surface area contributed by atoms with E-state index >= 15 is 0 Å². The van der Waals surface area contributed by atoms with Crippen LogP contribution in [0.1, 0.15) is 31.7 Å². The Labute approximate surface area is 71.4 Å². The molecule has 2 atom stereocenters. The Bertz CT molecular complexity index is 234. The Morgan fingerprint density at radius 1 is 1.67 bits per heavy atom. The van der Waals surface area contributed by atoms with Crippen molar-refractivity contribution in [3.63, 3.8) is 0 Å². The summed E-state index contributed by atoms with van der Waals surface area (Å²) in [5.74, 6) is 1.32. The van der Waals surface area contributed by atoms with Crippen molar-refractivity contribution < 1.29 is 4.52 Å². The second kappa shape index (κ2) is 3.23. The number of hydrogen-bond acceptors (Lipinski definition) is 4. The second-order valence-corrected chi connectivity index (χ2v) is 3.33. The average Bonchev–Trinajstić information content (AvgIpc) is 2.57. The topological polar surface area (TPSA) is 51.0 Å². The Balaban J connectivity index is 2.11. The zero-order valence-electron chi connectivity index (χ0n) is 7.16. The van der Waals surface area contributed by atoms with Crippen molar-refractivity contribution in [2.75, 3.05) is 6.54 Å². The normalized spacial score (nSPS) is 30.4. The number of rotatable bonds is 1. The van der Waals surface area contributed by atoms with E-state index in [4.69, 9.17) is 4.52 Å². The third-order valence-electron chi connectivity index (χ3n) is 2.41. The van der Waals surface area contributed by atoms with Crippen LogP contribution in [0.15, 0.2) is 10.9 Å². The highest BCUT2D eigenvalue weighted by Gasteiger charge is 2.26. The smallest absolute Gasteiger partial charge is 0.243 e. The zero-order valence-corrected chi connectivity index (χ0v) is 7.16. The van der Waals surface area contributed by atoms with Gasteiger partial charge in [-0.05, 0) is 25.3 Å². The van der Waals surface area contributed by atoms with Gasteiger partial charge < -0.3 is 9.84 Å². The maximum absolute atomic E-state index is 5.02. The highest BCUT2D eigenvalue weighted by molar-refractivity contribution is 4.92. The SMILES string of the molecule is CC1CCCNC1c1ncno1. The summed E-state index contributed by atoms with van der Waals surface area (Å²) in [6, 6.07) is 0.265. The van der Waals surface area contributed by atoms with Gasteiger partial charge in [0.25, 0.3) is 0 Å². The van der Waals surface area contributed by atoms with Gasteiger partial charge in [0.15, 0.2) is 6.33 Å². The molecule has 2 heterocycles. The van der Waals surface area contributed by atoms with E-state index in [2.05, 4.69) is 22.4 Å². The minimum absolute atomic E-state index is 0.265. The summed E-state index contributed by atoms with van der Waals surface area (Å²) in [4.78, 5) is 4.05. The molecule has 0 aliphatic carbocycles. The van der Waals surface area contributed by atoms with Gasteiger partial charge in [0, 0.05) is 0 Å². The van der Waals surface area contributed by atoms with Crippen LogP contribution in [0.4, 0.5) is 0 Å². The van der Waals surface area contributed by atoms with Crippen molar-refractivity contribution in [1.82, 2.24) is 15.5 Å². The lowest BCUT2D eigenvalue weighted by Crippen LogP contribution is -2.32. The predicted octanol–water partition coefficient (Wildman–Crippen LogP) is 1.13. The number of nitrogens with zero attached hydrogens (tertiary/aromatic N) is 2. The number of piperidine rings is 1. The molecule has 1 N–H and O–H groups in total. The zero-order chi connectivity index (χ0) is 8.39. The van der Waals surface area contributed by atoms with Gasteiger partial charge in [-0.15, -0.1) is 0 Å². The van der Waals surface area contributed by atoms with Crippen molar-refractivity contribution >= 4 is 0 Å². The molecule has 0 aromatic carbocycles. The minimum atomic E-state index is 0.265. The molecule has 0 radical (unpaired) electrons. The lowest BCUT2D eigenvalue weighted by molar-refractivity contribution is 0.239. The number of nitrogens with one attached hydrogen (secondary N) is 1. The van der Waals surface area contributed by atoms with Crippen molar-refractivity contribution in [2.45, 2.75) is 25.8 Å². The fourth-order valence-corrected chi connectivity index (χ4v) is 1.70. The lowest BCUT2D eigenvalue weighted by atomic mass is 9.93. The molecule has 12 heavy (non-hydrogen) atoms. The molecule has 1 aliphatic rings. The fourth-order valence-electron chi connectivity index (χ4n) is 1.70. The first-order valence-electron chi connectivity index (χ1n) is 4.38. The molecular formula is C8H13N3O. The molecular weight excluding hydrogens is 154 g/mol. The summed E-state index contributed by atoms with van der Waals surface area (Å²) in [6.45, 7) is 3.26. The van der Waals surface area contributed by atoms with Gasteiger partial charge in [-0.2, -0.15) is 4.98 Å². The summed E-state index contributed by atoms with van der Waals surface area (Å²) >= 11 is 0. The van der Waals surface area contributed by atoms with Gasteiger partial charge in [0.05, 0.1) is 6.04 Å². The molecule has 0 saturated carbocycles. The third kappa shape index (κ3) is 1.34. The largest absolute Gasteiger partial charge is 0.338 e. The van der Waals surface area contributed by atoms with Crippen LogP contribution in [0.2, 0.25) is 0 Å². The van der Waals surface area contributed by atoms with E-state index in [0.29, 0.717) is 5.92 Å². The molecule has 0 amide bonds. The first-order valence-corrected chi connectivity index (χ1v) is 4.38. The van der Waals surface area contributed by atoms with E-state index in [0.717, 1.165) is 12.4 Å². The third-order valence-corrected chi connectivity index (χ3v) is 2.41. The molecule has 4 heteroatoms. The van der Waals surface area contributed by atoms with Gasteiger partial charge in [-0.25, -0.2) is 0 Å². The molecule has 0 bridgehead atoms. The summed E-state index contributed by atoms with van der Waals surface area (Å²) in [6.07, 6.45) is 3.93. The average molecular weight is 167 g/mol. The summed E-state index contributed by atoms with van der Waals surface area (Å²) in [7, 11) is 0. The first kappa shape index (κ1) is 7.73. The summed E-state index contributed by atoms with van der Waals surface area (Å²) < 4.78 is 5.02. The molecule has 1 saturated heterocycles. The molecule has 66 valence electrons. The van der Waals surface area contributed by atoms with E-state index in [1.807, 2.05) is 0 Å². The molecule has 1 aromatic heterocycles. The van der Waals surface area contributed by atoms with E-state index in [-0.39, 0.29) is 6.04 Å². The number of hydrogen-bond donors (Lipinski definition) is 1. The van der Waals surface area contributed by atoms with Crippen LogP contribution in [-0.2, 0) is 0 Å². The van der Waals surface area contributed by atoms with Crippen molar-refractivity contribution in [1.29, 1.82) is 0 Å². The second-order valence-electron chi connectivity index (χ2n) is 3.33. The van der Waals surface area contributed by atoms with Gasteiger partial charge in [-0.3, -0.25) is 0 Å². The monoisotopic (exact) mass is 167 g/mol. The lowest BCUT2D eigenvalue weighted by Gasteiger charge is -2.26. The van der Waals surface area contributed by atoms with Gasteiger partial charge in [0.1, 0.15) is 0 Å². The van der Waals surface area contributed by atoms with E-state index in [1.165, 1.54) is 19.2 Å². The van der Waals surface area contributed by atoms with Gasteiger partial charge in [0.2, 0.25) is 5.89 Å². The molecule has 1 fully saturated rings. The molecule has 2 unspecified atom stereocenters. The van der Waals surface area contributed by atoms with Crippen LogP contribution in [0.5, 0.6) is 0 Å². The summed E-state index contributed by atoms with van der Waals surface area (Å²) in [5.41, 5.74) is 0. The predicted molar refractivity (Wildman–Crippen MR) is 43.4 cm³/mol. The van der Waals surface area contributed by atoms with Crippen molar-refractivity contribution in [3.8, 4) is 0 Å². The van der Waals surface area contributed by atoms with Gasteiger partial charge >= 0.3 is 0 Å². The van der Waals surface area contributed by atoms with Crippen molar-refractivity contribution in [2.24, 2.45) is 5.92 Å². The standard InChI is InChI=1S/C8H13N3O/c1-6-3-2-4-9-7(6)8-10-5-11-12-8/h5-7,9H,2-4H2,1H3. The van der Waals surface area contributed by atoms with Gasteiger partial charge in [-0.1, -0.05) is 12.1 Å². The maximum Gasteiger partial charge on any atom is 0.243 e. The molecule has 1 aliphatic heterocycles. The minimum Gasteiger partial charge on any atom is -0.338 e. The Morgan fingerprint density at radius 2 is 2.58 bits per heavy atom. The molecule has 0 spiro atoms. The maximum atomic E-state index is 5.02. The Morgan fingerprint density at radius 3 is 3.25 bits per heavy atom. The van der Waals surface area contributed by atoms with Crippen molar-refractivity contribution in [3.05, 3.63) is 12.2 Å². The highest BCUT2D eigenvalue weighted by atomic mass is 16.5. The van der Waals surface area contributed by atoms with Crippen LogP contribution < -0.4 is 5.32 Å². The quantitative estimate of drug-likeness (QED) is 0.681. The molecule has 2 rings (SSSR count). The fraction of sp³-hybridized carbons (Fsp3) is 0.750. The number of aromatic nitrogens is 2. The molecule has 4 nitrogen and oxygen atoms in total. The van der Waals surface area contributed by atoms with Crippen LogP contribution in [0, 0.1) is 5.92 Å². The van der Waals surface area contributed by atoms with E-state index < -0.39 is 0 Å². The Hall–Kier alpha value is -0.900. The van der Waals surface area contributed by atoms with Crippen LogP contribution >= 0.6 is 0 Å². The van der Waals surface area contributed by atoms with Crippen LogP contribution in [0.3, 0.4) is 0 Å². The van der Waals surface area contributed by atoms with Crippen LogP contribution in [0.25, 0.3) is 0 Å². The first-order chi connectivity index (χ1) is 5.88. The van der Waals surface area contributed by atoms with E-state index in [1.54, 1.807) is 0 Å². The molecule has 1 aromatic rings. The Kier molecular flexibility index (Phi) is 2.08. The van der Waals surface area contributed by atoms with Crippen LogP contribution in [-0.4, -0.2) is 16.7 Å². The highest BCUT2D eigenvalue weighted by Crippen LogP contribution is 2.26. The summed E-state index contributed by atoms with van der Waals surface area (Å²) in [5, 5.41) is 6.98. The van der Waals surface area contributed by atoms with E-state index in [9.17, 15) is 0 Å².